The number of rotatable bonds is 4. The first-order valence-electron chi connectivity index (χ1n) is 6.09. The van der Waals surface area contributed by atoms with Gasteiger partial charge in [0.15, 0.2) is 0 Å². The fourth-order valence-electron chi connectivity index (χ4n) is 2.27. The summed E-state index contributed by atoms with van der Waals surface area (Å²) in [5.41, 5.74) is 2.15. The molecule has 2 atom stereocenters. The maximum atomic E-state index is 8.78. The highest BCUT2D eigenvalue weighted by atomic mass is 15.5. The number of hydrogen-bond donors (Lipinski definition) is 0. The van der Waals surface area contributed by atoms with Crippen LogP contribution in [-0.2, 0) is 12.8 Å². The van der Waals surface area contributed by atoms with E-state index in [1.165, 1.54) is 25.0 Å². The lowest BCUT2D eigenvalue weighted by Crippen LogP contribution is -2.06. The average molecular weight is 216 g/mol. The lowest BCUT2D eigenvalue weighted by atomic mass is 10.1. The van der Waals surface area contributed by atoms with Crippen molar-refractivity contribution < 1.29 is 0 Å². The molecule has 0 radical (unpaired) electrons. The second-order valence-corrected chi connectivity index (χ2v) is 5.19. The van der Waals surface area contributed by atoms with Crippen LogP contribution in [0.2, 0.25) is 0 Å². The van der Waals surface area contributed by atoms with Crippen molar-refractivity contribution in [2.24, 2.45) is 11.8 Å². The van der Waals surface area contributed by atoms with Crippen molar-refractivity contribution in [2.45, 2.75) is 45.1 Å². The van der Waals surface area contributed by atoms with E-state index in [2.05, 4.69) is 28.0 Å². The van der Waals surface area contributed by atoms with Crippen LogP contribution in [0.15, 0.2) is 0 Å². The van der Waals surface area contributed by atoms with Crippen LogP contribution < -0.4 is 0 Å². The van der Waals surface area contributed by atoms with Crippen molar-refractivity contribution in [3.63, 3.8) is 0 Å². The number of aromatic nitrogens is 3. The minimum Gasteiger partial charge on any atom is -0.246 e. The average Bonchev–Trinajstić information content (AvgIpc) is 3.14. The molecule has 3 rings (SSSR count). The summed E-state index contributed by atoms with van der Waals surface area (Å²) in [4.78, 5) is 0. The zero-order chi connectivity index (χ0) is 11.1. The minimum absolute atomic E-state index is 0.406. The summed E-state index contributed by atoms with van der Waals surface area (Å²) < 4.78 is 2.09. The van der Waals surface area contributed by atoms with Gasteiger partial charge in [-0.25, -0.2) is 4.68 Å². The topological polar surface area (TPSA) is 54.5 Å². The third-order valence-corrected chi connectivity index (χ3v) is 3.68. The molecule has 1 aromatic heterocycles. The lowest BCUT2D eigenvalue weighted by molar-refractivity contribution is 0.546. The molecule has 0 bridgehead atoms. The van der Waals surface area contributed by atoms with E-state index in [0.29, 0.717) is 12.5 Å². The van der Waals surface area contributed by atoms with Crippen molar-refractivity contribution >= 4 is 0 Å². The summed E-state index contributed by atoms with van der Waals surface area (Å²) in [7, 11) is 0. The van der Waals surface area contributed by atoms with Gasteiger partial charge in [-0.2, -0.15) is 5.26 Å². The van der Waals surface area contributed by atoms with Crippen LogP contribution in [0.3, 0.4) is 0 Å². The molecule has 0 N–H and O–H groups in total. The summed E-state index contributed by atoms with van der Waals surface area (Å²) in [6, 6.07) is 2.74. The third kappa shape index (κ3) is 1.71. The van der Waals surface area contributed by atoms with Crippen molar-refractivity contribution in [2.75, 3.05) is 0 Å². The molecule has 16 heavy (non-hydrogen) atoms. The Morgan fingerprint density at radius 1 is 1.50 bits per heavy atom. The fraction of sp³-hybridized carbons (Fsp3) is 0.750. The Kier molecular flexibility index (Phi) is 2.20. The third-order valence-electron chi connectivity index (χ3n) is 3.68. The van der Waals surface area contributed by atoms with E-state index in [-0.39, 0.29) is 0 Å². The molecule has 1 heterocycles. The Morgan fingerprint density at radius 3 is 2.81 bits per heavy atom. The summed E-state index contributed by atoms with van der Waals surface area (Å²) in [5.74, 6) is 1.55. The molecule has 4 heteroatoms. The van der Waals surface area contributed by atoms with E-state index < -0.39 is 0 Å². The van der Waals surface area contributed by atoms with Crippen LogP contribution in [0.25, 0.3) is 0 Å². The predicted octanol–water partition coefficient (Wildman–Crippen LogP) is 1.88. The van der Waals surface area contributed by atoms with Gasteiger partial charge >= 0.3 is 0 Å². The zero-order valence-electron chi connectivity index (χ0n) is 9.56. The second-order valence-electron chi connectivity index (χ2n) is 5.19. The molecule has 0 amide bonds. The first-order chi connectivity index (χ1) is 7.79. The molecule has 1 aromatic rings. The first-order valence-corrected chi connectivity index (χ1v) is 6.09. The normalized spacial score (nSPS) is 27.8. The van der Waals surface area contributed by atoms with Gasteiger partial charge in [-0.1, -0.05) is 12.1 Å². The molecule has 2 saturated carbocycles. The van der Waals surface area contributed by atoms with Crippen molar-refractivity contribution in [3.05, 3.63) is 11.4 Å². The minimum atomic E-state index is 0.406. The predicted molar refractivity (Wildman–Crippen MR) is 58.6 cm³/mol. The van der Waals surface area contributed by atoms with Crippen molar-refractivity contribution in [3.8, 4) is 6.07 Å². The highest BCUT2D eigenvalue weighted by Gasteiger charge is 2.38. The van der Waals surface area contributed by atoms with Gasteiger partial charge < -0.3 is 0 Å². The van der Waals surface area contributed by atoms with Crippen LogP contribution in [0, 0.1) is 23.2 Å². The van der Waals surface area contributed by atoms with Crippen LogP contribution in [-0.4, -0.2) is 15.0 Å². The van der Waals surface area contributed by atoms with Gasteiger partial charge in [-0.15, -0.1) is 5.10 Å². The molecule has 2 aliphatic rings. The Labute approximate surface area is 95.3 Å². The van der Waals surface area contributed by atoms with Crippen LogP contribution in [0.4, 0.5) is 0 Å². The summed E-state index contributed by atoms with van der Waals surface area (Å²) in [6.07, 6.45) is 5.36. The van der Waals surface area contributed by atoms with Crippen LogP contribution >= 0.6 is 0 Å². The summed E-state index contributed by atoms with van der Waals surface area (Å²) >= 11 is 0. The van der Waals surface area contributed by atoms with Crippen molar-refractivity contribution in [1.29, 1.82) is 5.26 Å². The quantitative estimate of drug-likeness (QED) is 0.772. The van der Waals surface area contributed by atoms with Crippen molar-refractivity contribution in [1.82, 2.24) is 15.0 Å². The van der Waals surface area contributed by atoms with Gasteiger partial charge in [0, 0.05) is 0 Å². The molecule has 0 spiro atoms. The molecule has 0 aromatic carbocycles. The number of nitriles is 1. The van der Waals surface area contributed by atoms with Crippen LogP contribution in [0.1, 0.15) is 43.6 Å². The molecule has 2 aliphatic carbocycles. The van der Waals surface area contributed by atoms with Gasteiger partial charge in [0.05, 0.1) is 29.9 Å². The molecule has 4 nitrogen and oxygen atoms in total. The molecule has 0 aliphatic heterocycles. The van der Waals surface area contributed by atoms with Gasteiger partial charge in [-0.3, -0.25) is 0 Å². The van der Waals surface area contributed by atoms with Crippen LogP contribution in [0.5, 0.6) is 0 Å². The molecular formula is C12H16N4. The summed E-state index contributed by atoms with van der Waals surface area (Å²) in [5, 5.41) is 17.2. The second kappa shape index (κ2) is 3.58. The first kappa shape index (κ1) is 9.83. The van der Waals surface area contributed by atoms with Gasteiger partial charge in [-0.05, 0) is 37.5 Å². The maximum Gasteiger partial charge on any atom is 0.0999 e. The molecular weight excluding hydrogens is 200 g/mol. The zero-order valence-corrected chi connectivity index (χ0v) is 9.56. The standard InChI is InChI=1S/C12H16N4/c1-8-6-11(8)16-12(7-9-2-3-9)10(4-5-13)14-15-16/h8-9,11H,2-4,6-7H2,1H3. The highest BCUT2D eigenvalue weighted by molar-refractivity contribution is 5.18. The Hall–Kier alpha value is -1.37. The van der Waals surface area contributed by atoms with Gasteiger partial charge in [0.2, 0.25) is 0 Å². The van der Waals surface area contributed by atoms with E-state index in [4.69, 9.17) is 5.26 Å². The van der Waals surface area contributed by atoms with E-state index in [9.17, 15) is 0 Å². The smallest absolute Gasteiger partial charge is 0.0999 e. The van der Waals surface area contributed by atoms with E-state index in [1.54, 1.807) is 0 Å². The van der Waals surface area contributed by atoms with E-state index in [1.807, 2.05) is 0 Å². The SMILES string of the molecule is CC1CC1n1nnc(CC#N)c1CC1CC1. The Morgan fingerprint density at radius 2 is 2.25 bits per heavy atom. The Balaban J connectivity index is 1.87. The van der Waals surface area contributed by atoms with E-state index in [0.717, 1.165) is 24.0 Å². The van der Waals surface area contributed by atoms with Gasteiger partial charge in [0.1, 0.15) is 0 Å². The monoisotopic (exact) mass is 216 g/mol. The summed E-state index contributed by atoms with van der Waals surface area (Å²) in [6.45, 7) is 2.25. The number of hydrogen-bond acceptors (Lipinski definition) is 3. The number of nitrogens with zero attached hydrogens (tertiary/aromatic N) is 4. The molecule has 84 valence electrons. The van der Waals surface area contributed by atoms with E-state index >= 15 is 0 Å². The Bertz CT molecular complexity index is 438. The largest absolute Gasteiger partial charge is 0.246 e. The lowest BCUT2D eigenvalue weighted by Gasteiger charge is -2.05. The molecule has 2 unspecified atom stereocenters. The highest BCUT2D eigenvalue weighted by Crippen LogP contribution is 2.44. The molecule has 2 fully saturated rings. The van der Waals surface area contributed by atoms with Gasteiger partial charge in [0.25, 0.3) is 0 Å². The maximum absolute atomic E-state index is 8.78. The molecule has 0 saturated heterocycles. The fourth-order valence-corrected chi connectivity index (χ4v) is 2.27.